The molecule has 0 bridgehead atoms. The van der Waals surface area contributed by atoms with Gasteiger partial charge in [0.1, 0.15) is 5.82 Å². The fourth-order valence-corrected chi connectivity index (χ4v) is 1.71. The summed E-state index contributed by atoms with van der Waals surface area (Å²) in [4.78, 5) is 16.9. The molecule has 100 valence electrons. The van der Waals surface area contributed by atoms with Crippen molar-refractivity contribution >= 4 is 11.8 Å². The lowest BCUT2D eigenvalue weighted by molar-refractivity contribution is -0.138. The number of carboxylic acid groups (broad SMARTS) is 1. The van der Waals surface area contributed by atoms with Crippen LogP contribution in [-0.2, 0) is 4.79 Å². The van der Waals surface area contributed by atoms with Gasteiger partial charge in [0.15, 0.2) is 0 Å². The number of aliphatic hydroxyl groups excluding tert-OH is 2. The molecule has 1 heterocycles. The molecule has 1 unspecified atom stereocenters. The fraction of sp³-hybridized carbons (Fsp3) is 0.500. The highest BCUT2D eigenvalue weighted by Gasteiger charge is 2.21. The van der Waals surface area contributed by atoms with Crippen LogP contribution in [-0.4, -0.2) is 52.6 Å². The Morgan fingerprint density at radius 2 is 2.00 bits per heavy atom. The maximum atomic E-state index is 11.0. The average Bonchev–Trinajstić information content (AvgIpc) is 2.37. The number of hydrogen-bond donors (Lipinski definition) is 3. The third-order valence-corrected chi connectivity index (χ3v) is 2.69. The van der Waals surface area contributed by atoms with Crippen LogP contribution in [0.3, 0.4) is 0 Å². The van der Waals surface area contributed by atoms with Gasteiger partial charge in [0.25, 0.3) is 0 Å². The summed E-state index contributed by atoms with van der Waals surface area (Å²) in [6.45, 7) is 2.02. The Balaban J connectivity index is 3.08. The third-order valence-electron chi connectivity index (χ3n) is 2.69. The molecule has 0 saturated carbocycles. The van der Waals surface area contributed by atoms with Gasteiger partial charge >= 0.3 is 5.97 Å². The molecular formula is C12H18N2O4. The topological polar surface area (TPSA) is 93.9 Å². The summed E-state index contributed by atoms with van der Waals surface area (Å²) < 4.78 is 0. The Kier molecular flexibility index (Phi) is 5.54. The number of pyridine rings is 1. The van der Waals surface area contributed by atoms with Crippen molar-refractivity contribution in [2.75, 3.05) is 31.2 Å². The van der Waals surface area contributed by atoms with Crippen LogP contribution in [0.1, 0.15) is 18.4 Å². The monoisotopic (exact) mass is 254 g/mol. The summed E-state index contributed by atoms with van der Waals surface area (Å²) in [5.41, 5.74) is 0.576. The highest BCUT2D eigenvalue weighted by molar-refractivity contribution is 5.77. The predicted octanol–water partition coefficient (Wildman–Crippen LogP) is 0.0607. The molecule has 1 rings (SSSR count). The van der Waals surface area contributed by atoms with Crippen molar-refractivity contribution in [1.29, 1.82) is 0 Å². The molecule has 0 saturated heterocycles. The molecular weight excluding hydrogens is 236 g/mol. The van der Waals surface area contributed by atoms with Gasteiger partial charge in [-0.25, -0.2) is 4.98 Å². The number of aliphatic carboxylic acids is 1. The van der Waals surface area contributed by atoms with Crippen LogP contribution in [0.25, 0.3) is 0 Å². The van der Waals surface area contributed by atoms with Crippen molar-refractivity contribution in [1.82, 2.24) is 4.98 Å². The average molecular weight is 254 g/mol. The molecule has 0 aliphatic heterocycles. The van der Waals surface area contributed by atoms with Crippen molar-refractivity contribution in [3.8, 4) is 0 Å². The molecule has 1 atom stereocenters. The Hall–Kier alpha value is -1.66. The molecule has 0 amide bonds. The zero-order valence-corrected chi connectivity index (χ0v) is 10.3. The van der Waals surface area contributed by atoms with Crippen molar-refractivity contribution < 1.29 is 20.1 Å². The van der Waals surface area contributed by atoms with Crippen LogP contribution in [0.2, 0.25) is 0 Å². The minimum Gasteiger partial charge on any atom is -0.481 e. The molecule has 1 aromatic heterocycles. The van der Waals surface area contributed by atoms with Gasteiger partial charge in [-0.2, -0.15) is 0 Å². The normalized spacial score (nSPS) is 12.2. The highest BCUT2D eigenvalue weighted by Crippen LogP contribution is 2.25. The maximum Gasteiger partial charge on any atom is 0.310 e. The van der Waals surface area contributed by atoms with Gasteiger partial charge in [-0.05, 0) is 13.0 Å². The van der Waals surface area contributed by atoms with Crippen molar-refractivity contribution in [3.63, 3.8) is 0 Å². The Labute approximate surface area is 106 Å². The number of aliphatic hydroxyl groups is 2. The number of anilines is 1. The molecule has 0 spiro atoms. The zero-order chi connectivity index (χ0) is 13.5. The number of rotatable bonds is 7. The van der Waals surface area contributed by atoms with E-state index < -0.39 is 11.9 Å². The summed E-state index contributed by atoms with van der Waals surface area (Å²) in [7, 11) is 0. The molecule has 0 fully saturated rings. The number of carboxylic acids is 1. The number of nitrogens with zero attached hydrogens (tertiary/aromatic N) is 2. The van der Waals surface area contributed by atoms with E-state index in [1.807, 2.05) is 0 Å². The van der Waals surface area contributed by atoms with E-state index in [0.29, 0.717) is 24.5 Å². The Morgan fingerprint density at radius 1 is 1.39 bits per heavy atom. The molecule has 1 aromatic rings. The SMILES string of the molecule is CC(C(=O)O)c1cccnc1N(CCO)CCO. The summed E-state index contributed by atoms with van der Waals surface area (Å²) in [5, 5.41) is 27.0. The molecule has 18 heavy (non-hydrogen) atoms. The first-order valence-corrected chi connectivity index (χ1v) is 5.76. The fourth-order valence-electron chi connectivity index (χ4n) is 1.71. The number of carbonyl (C=O) groups is 1. The lowest BCUT2D eigenvalue weighted by Gasteiger charge is -2.25. The van der Waals surface area contributed by atoms with Gasteiger partial charge in [-0.15, -0.1) is 0 Å². The van der Waals surface area contributed by atoms with E-state index in [9.17, 15) is 4.79 Å². The summed E-state index contributed by atoms with van der Waals surface area (Å²) in [6.07, 6.45) is 1.56. The van der Waals surface area contributed by atoms with Gasteiger partial charge in [0, 0.05) is 24.8 Å². The van der Waals surface area contributed by atoms with E-state index in [1.54, 1.807) is 30.2 Å². The first-order chi connectivity index (χ1) is 8.61. The van der Waals surface area contributed by atoms with Gasteiger partial charge in [0.2, 0.25) is 0 Å². The quantitative estimate of drug-likeness (QED) is 0.637. The van der Waals surface area contributed by atoms with Crippen LogP contribution in [0.5, 0.6) is 0 Å². The third kappa shape index (κ3) is 3.41. The van der Waals surface area contributed by atoms with E-state index in [4.69, 9.17) is 15.3 Å². The molecule has 0 aliphatic rings. The molecule has 0 aromatic carbocycles. The molecule has 6 nitrogen and oxygen atoms in total. The second-order valence-electron chi connectivity index (χ2n) is 3.91. The molecule has 3 N–H and O–H groups in total. The van der Waals surface area contributed by atoms with E-state index in [-0.39, 0.29) is 13.2 Å². The van der Waals surface area contributed by atoms with Crippen LogP contribution in [0, 0.1) is 0 Å². The molecule has 0 radical (unpaired) electrons. The smallest absolute Gasteiger partial charge is 0.310 e. The largest absolute Gasteiger partial charge is 0.481 e. The van der Waals surface area contributed by atoms with Gasteiger partial charge < -0.3 is 20.2 Å². The molecule has 0 aliphatic carbocycles. The van der Waals surface area contributed by atoms with E-state index in [0.717, 1.165) is 0 Å². The van der Waals surface area contributed by atoms with E-state index >= 15 is 0 Å². The summed E-state index contributed by atoms with van der Waals surface area (Å²) in [5.74, 6) is -1.12. The Morgan fingerprint density at radius 3 is 2.50 bits per heavy atom. The van der Waals surface area contributed by atoms with Crippen molar-refractivity contribution in [3.05, 3.63) is 23.9 Å². The van der Waals surface area contributed by atoms with Gasteiger partial charge in [-0.3, -0.25) is 4.79 Å². The second-order valence-corrected chi connectivity index (χ2v) is 3.91. The minimum atomic E-state index is -0.933. The Bertz CT molecular complexity index is 391. The zero-order valence-electron chi connectivity index (χ0n) is 10.3. The maximum absolute atomic E-state index is 11.0. The van der Waals surface area contributed by atoms with Crippen LogP contribution in [0.15, 0.2) is 18.3 Å². The summed E-state index contributed by atoms with van der Waals surface area (Å²) in [6, 6.07) is 3.37. The number of hydrogen-bond acceptors (Lipinski definition) is 5. The first-order valence-electron chi connectivity index (χ1n) is 5.76. The van der Waals surface area contributed by atoms with Crippen molar-refractivity contribution in [2.24, 2.45) is 0 Å². The van der Waals surface area contributed by atoms with Crippen LogP contribution < -0.4 is 4.90 Å². The second kappa shape index (κ2) is 6.93. The minimum absolute atomic E-state index is 0.0858. The van der Waals surface area contributed by atoms with Crippen LogP contribution >= 0.6 is 0 Å². The lowest BCUT2D eigenvalue weighted by atomic mass is 10.0. The summed E-state index contributed by atoms with van der Waals surface area (Å²) >= 11 is 0. The van der Waals surface area contributed by atoms with Gasteiger partial charge in [0.05, 0.1) is 19.1 Å². The standard InChI is InChI=1S/C12H18N2O4/c1-9(12(17)18)10-3-2-4-13-11(10)14(5-7-15)6-8-16/h2-4,9,15-16H,5-8H2,1H3,(H,17,18). The highest BCUT2D eigenvalue weighted by atomic mass is 16.4. The lowest BCUT2D eigenvalue weighted by Crippen LogP contribution is -2.32. The first kappa shape index (κ1) is 14.4. The van der Waals surface area contributed by atoms with Crippen LogP contribution in [0.4, 0.5) is 5.82 Å². The van der Waals surface area contributed by atoms with Crippen molar-refractivity contribution in [2.45, 2.75) is 12.8 Å². The predicted molar refractivity (Wildman–Crippen MR) is 66.7 cm³/mol. The van der Waals surface area contributed by atoms with E-state index in [2.05, 4.69) is 4.98 Å². The molecule has 6 heteroatoms. The van der Waals surface area contributed by atoms with Gasteiger partial charge in [-0.1, -0.05) is 6.07 Å². The number of aromatic nitrogens is 1. The van der Waals surface area contributed by atoms with E-state index in [1.165, 1.54) is 0 Å².